The van der Waals surface area contributed by atoms with Crippen LogP contribution in [0.1, 0.15) is 5.56 Å². The predicted octanol–water partition coefficient (Wildman–Crippen LogP) is 0.929. The van der Waals surface area contributed by atoms with Crippen LogP contribution in [-0.4, -0.2) is 21.7 Å². The molecule has 1 heterocycles. The highest BCUT2D eigenvalue weighted by atomic mass is 16.2. The van der Waals surface area contributed by atoms with E-state index in [0.717, 1.165) is 5.56 Å². The molecule has 5 nitrogen and oxygen atoms in total. The van der Waals surface area contributed by atoms with Gasteiger partial charge in [0.1, 0.15) is 5.82 Å². The van der Waals surface area contributed by atoms with E-state index in [1.807, 2.05) is 30.3 Å². The number of carbonyl (C=O) groups excluding carboxylic acids is 1. The lowest BCUT2D eigenvalue weighted by Crippen LogP contribution is -2.37. The number of benzene rings is 1. The summed E-state index contributed by atoms with van der Waals surface area (Å²) in [6.07, 6.45) is 2.14. The molecule has 0 saturated carbocycles. The minimum atomic E-state index is -0.567. The molecule has 0 spiro atoms. The van der Waals surface area contributed by atoms with Crippen molar-refractivity contribution in [2.75, 3.05) is 5.32 Å². The first-order chi connectivity index (χ1) is 8.66. The van der Waals surface area contributed by atoms with E-state index in [-0.39, 0.29) is 5.91 Å². The topological polar surface area (TPSA) is 72.9 Å². The summed E-state index contributed by atoms with van der Waals surface area (Å²) in [4.78, 5) is 11.9. The molecule has 0 unspecified atom stereocenters. The number of aryl methyl sites for hydroxylation is 1. The van der Waals surface area contributed by atoms with Crippen LogP contribution < -0.4 is 11.1 Å². The van der Waals surface area contributed by atoms with Crippen LogP contribution in [0.2, 0.25) is 0 Å². The van der Waals surface area contributed by atoms with E-state index in [1.54, 1.807) is 24.0 Å². The lowest BCUT2D eigenvalue weighted by atomic mass is 10.1. The minimum Gasteiger partial charge on any atom is -0.320 e. The third-order valence-electron chi connectivity index (χ3n) is 2.71. The fraction of sp³-hybridized carbons (Fsp3) is 0.231. The fourth-order valence-corrected chi connectivity index (χ4v) is 1.68. The van der Waals surface area contributed by atoms with Gasteiger partial charge in [0.15, 0.2) is 0 Å². The molecule has 0 aliphatic heterocycles. The van der Waals surface area contributed by atoms with Gasteiger partial charge in [0.05, 0.1) is 12.2 Å². The van der Waals surface area contributed by atoms with Gasteiger partial charge >= 0.3 is 0 Å². The van der Waals surface area contributed by atoms with E-state index in [9.17, 15) is 4.79 Å². The molecule has 1 aromatic carbocycles. The van der Waals surface area contributed by atoms with Gasteiger partial charge < -0.3 is 11.1 Å². The molecule has 1 atom stereocenters. The standard InChI is InChI=1S/C13H16N4O/c1-17-12(7-8-15-17)16-13(18)11(14)9-10-5-3-2-4-6-10/h2-8,11H,9,14H2,1H3,(H,16,18)/t11-/m0/s1. The number of aromatic nitrogens is 2. The quantitative estimate of drug-likeness (QED) is 0.840. The van der Waals surface area contributed by atoms with Crippen LogP contribution >= 0.6 is 0 Å². The summed E-state index contributed by atoms with van der Waals surface area (Å²) >= 11 is 0. The summed E-state index contributed by atoms with van der Waals surface area (Å²) in [6.45, 7) is 0. The lowest BCUT2D eigenvalue weighted by Gasteiger charge is -2.12. The molecule has 0 radical (unpaired) electrons. The maximum absolute atomic E-state index is 11.9. The van der Waals surface area contributed by atoms with Crippen molar-refractivity contribution < 1.29 is 4.79 Å². The third kappa shape index (κ3) is 2.95. The van der Waals surface area contributed by atoms with Gasteiger partial charge in [0.25, 0.3) is 0 Å². The van der Waals surface area contributed by atoms with Gasteiger partial charge in [0, 0.05) is 13.1 Å². The SMILES string of the molecule is Cn1nccc1NC(=O)[C@@H](N)Cc1ccccc1. The summed E-state index contributed by atoms with van der Waals surface area (Å²) in [5, 5.41) is 6.72. The highest BCUT2D eigenvalue weighted by Crippen LogP contribution is 2.06. The van der Waals surface area contributed by atoms with Gasteiger partial charge in [-0.15, -0.1) is 0 Å². The molecule has 0 aliphatic rings. The monoisotopic (exact) mass is 244 g/mol. The number of hydrogen-bond acceptors (Lipinski definition) is 3. The number of anilines is 1. The molecule has 0 fully saturated rings. The molecule has 1 amide bonds. The molecule has 18 heavy (non-hydrogen) atoms. The smallest absolute Gasteiger partial charge is 0.242 e. The van der Waals surface area contributed by atoms with E-state index in [0.29, 0.717) is 12.2 Å². The van der Waals surface area contributed by atoms with Crippen molar-refractivity contribution in [1.82, 2.24) is 9.78 Å². The second-order valence-corrected chi connectivity index (χ2v) is 4.13. The molecule has 5 heteroatoms. The number of hydrogen-bond donors (Lipinski definition) is 2. The Labute approximate surface area is 106 Å². The Hall–Kier alpha value is -2.14. The predicted molar refractivity (Wildman–Crippen MR) is 70.0 cm³/mol. The van der Waals surface area contributed by atoms with Crippen molar-refractivity contribution in [2.24, 2.45) is 12.8 Å². The van der Waals surface area contributed by atoms with Crippen LogP contribution in [0, 0.1) is 0 Å². The van der Waals surface area contributed by atoms with Gasteiger partial charge in [0.2, 0.25) is 5.91 Å². The van der Waals surface area contributed by atoms with Crippen LogP contribution in [0.5, 0.6) is 0 Å². The van der Waals surface area contributed by atoms with E-state index >= 15 is 0 Å². The largest absolute Gasteiger partial charge is 0.320 e. The summed E-state index contributed by atoms with van der Waals surface area (Å²) < 4.78 is 1.59. The summed E-state index contributed by atoms with van der Waals surface area (Å²) in [6, 6.07) is 10.9. The van der Waals surface area contributed by atoms with Crippen LogP contribution in [-0.2, 0) is 18.3 Å². The fourth-order valence-electron chi connectivity index (χ4n) is 1.68. The minimum absolute atomic E-state index is 0.206. The Balaban J connectivity index is 1.95. The molecule has 0 bridgehead atoms. The number of amides is 1. The van der Waals surface area contributed by atoms with Crippen molar-refractivity contribution in [3.8, 4) is 0 Å². The Morgan fingerprint density at radius 2 is 2.11 bits per heavy atom. The first kappa shape index (κ1) is 12.3. The third-order valence-corrected chi connectivity index (χ3v) is 2.71. The van der Waals surface area contributed by atoms with Crippen molar-refractivity contribution in [3.63, 3.8) is 0 Å². The van der Waals surface area contributed by atoms with Crippen molar-refractivity contribution in [2.45, 2.75) is 12.5 Å². The van der Waals surface area contributed by atoms with Crippen molar-refractivity contribution in [1.29, 1.82) is 0 Å². The first-order valence-electron chi connectivity index (χ1n) is 5.75. The Morgan fingerprint density at radius 3 is 2.72 bits per heavy atom. The number of rotatable bonds is 4. The zero-order valence-electron chi connectivity index (χ0n) is 10.2. The zero-order valence-corrected chi connectivity index (χ0v) is 10.2. The Bertz CT molecular complexity index is 521. The summed E-state index contributed by atoms with van der Waals surface area (Å²) in [5.74, 6) is 0.436. The van der Waals surface area contributed by atoms with Gasteiger partial charge in [-0.2, -0.15) is 5.10 Å². The average molecular weight is 244 g/mol. The van der Waals surface area contributed by atoms with E-state index in [1.165, 1.54) is 0 Å². The molecule has 0 saturated heterocycles. The van der Waals surface area contributed by atoms with Crippen molar-refractivity contribution >= 4 is 11.7 Å². The molecular formula is C13H16N4O. The second kappa shape index (κ2) is 5.46. The zero-order chi connectivity index (χ0) is 13.0. The van der Waals surface area contributed by atoms with Crippen LogP contribution in [0.25, 0.3) is 0 Å². The average Bonchev–Trinajstić information content (AvgIpc) is 2.76. The highest BCUT2D eigenvalue weighted by Gasteiger charge is 2.15. The summed E-state index contributed by atoms with van der Waals surface area (Å²) in [7, 11) is 1.76. The van der Waals surface area contributed by atoms with Crippen LogP contribution in [0.15, 0.2) is 42.6 Å². The maximum Gasteiger partial charge on any atom is 0.242 e. The number of nitrogens with zero attached hydrogens (tertiary/aromatic N) is 2. The first-order valence-corrected chi connectivity index (χ1v) is 5.75. The molecule has 0 aliphatic carbocycles. The van der Waals surface area contributed by atoms with Crippen LogP contribution in [0.4, 0.5) is 5.82 Å². The molecule has 94 valence electrons. The highest BCUT2D eigenvalue weighted by molar-refractivity contribution is 5.94. The van der Waals surface area contributed by atoms with Crippen LogP contribution in [0.3, 0.4) is 0 Å². The maximum atomic E-state index is 11.9. The number of carbonyl (C=O) groups is 1. The number of nitrogens with two attached hydrogens (primary N) is 1. The molecule has 3 N–H and O–H groups in total. The number of nitrogens with one attached hydrogen (secondary N) is 1. The lowest BCUT2D eigenvalue weighted by molar-refractivity contribution is -0.117. The van der Waals surface area contributed by atoms with E-state index in [4.69, 9.17) is 5.73 Å². The van der Waals surface area contributed by atoms with E-state index < -0.39 is 6.04 Å². The second-order valence-electron chi connectivity index (χ2n) is 4.13. The Morgan fingerprint density at radius 1 is 1.39 bits per heavy atom. The Kier molecular flexibility index (Phi) is 3.74. The molecule has 1 aromatic heterocycles. The summed E-state index contributed by atoms with van der Waals surface area (Å²) in [5.41, 5.74) is 6.92. The van der Waals surface area contributed by atoms with Gasteiger partial charge in [-0.1, -0.05) is 30.3 Å². The van der Waals surface area contributed by atoms with Gasteiger partial charge in [-0.05, 0) is 12.0 Å². The normalized spacial score (nSPS) is 12.1. The van der Waals surface area contributed by atoms with E-state index in [2.05, 4.69) is 10.4 Å². The molecule has 2 rings (SSSR count). The van der Waals surface area contributed by atoms with Crippen molar-refractivity contribution in [3.05, 3.63) is 48.2 Å². The molecule has 2 aromatic rings. The van der Waals surface area contributed by atoms with Gasteiger partial charge in [-0.3, -0.25) is 9.48 Å². The molecular weight excluding hydrogens is 228 g/mol. The van der Waals surface area contributed by atoms with Gasteiger partial charge in [-0.25, -0.2) is 0 Å².